The molecule has 3 unspecified atom stereocenters. The van der Waals surface area contributed by atoms with Crippen molar-refractivity contribution in [1.82, 2.24) is 15.5 Å². The molecule has 29 heavy (non-hydrogen) atoms. The molecule has 2 aliphatic rings. The number of carbonyl (C=O) groups is 4. The second-order valence-corrected chi connectivity index (χ2v) is 9.56. The lowest BCUT2D eigenvalue weighted by molar-refractivity contribution is -0.141. The molecular weight excluding hydrogens is 374 g/mol. The largest absolute Gasteiger partial charge is 0.480 e. The van der Waals surface area contributed by atoms with Gasteiger partial charge in [-0.15, -0.1) is 0 Å². The van der Waals surface area contributed by atoms with E-state index in [2.05, 4.69) is 10.6 Å². The first-order chi connectivity index (χ1) is 13.6. The van der Waals surface area contributed by atoms with E-state index in [1.54, 1.807) is 25.7 Å². The molecule has 3 amide bonds. The summed E-state index contributed by atoms with van der Waals surface area (Å²) in [6, 6.07) is -2.97. The van der Waals surface area contributed by atoms with Crippen LogP contribution < -0.4 is 10.6 Å². The van der Waals surface area contributed by atoms with Crippen molar-refractivity contribution in [2.24, 2.45) is 17.3 Å². The highest BCUT2D eigenvalue weighted by atomic mass is 16.4. The second-order valence-electron chi connectivity index (χ2n) is 9.56. The van der Waals surface area contributed by atoms with Crippen molar-refractivity contribution in [2.45, 2.75) is 84.3 Å². The number of nitrogens with zero attached hydrogens (tertiary/aromatic N) is 1. The fourth-order valence-electron chi connectivity index (χ4n) is 4.42. The quantitative estimate of drug-likeness (QED) is 0.582. The van der Waals surface area contributed by atoms with Gasteiger partial charge in [0, 0.05) is 6.54 Å². The van der Waals surface area contributed by atoms with Crippen molar-refractivity contribution in [1.29, 1.82) is 0 Å². The van der Waals surface area contributed by atoms with Crippen LogP contribution in [0.15, 0.2) is 0 Å². The third-order valence-electron chi connectivity index (χ3n) is 6.25. The van der Waals surface area contributed by atoms with Gasteiger partial charge in [0.05, 0.1) is 6.04 Å². The van der Waals surface area contributed by atoms with Gasteiger partial charge in [0.1, 0.15) is 18.4 Å². The van der Waals surface area contributed by atoms with E-state index in [1.165, 1.54) is 0 Å². The molecule has 0 bridgehead atoms. The first-order valence-corrected chi connectivity index (χ1v) is 10.6. The lowest BCUT2D eigenvalue weighted by Crippen LogP contribution is -2.59. The molecule has 0 aromatic rings. The van der Waals surface area contributed by atoms with E-state index in [-0.39, 0.29) is 17.7 Å². The van der Waals surface area contributed by atoms with E-state index in [4.69, 9.17) is 0 Å². The Bertz CT molecular complexity index is 624. The Morgan fingerprint density at radius 2 is 1.69 bits per heavy atom. The number of nitrogens with one attached hydrogen (secondary N) is 2. The molecule has 8 heteroatoms. The molecule has 0 radical (unpaired) electrons. The van der Waals surface area contributed by atoms with Crippen LogP contribution in [-0.2, 0) is 14.4 Å². The van der Waals surface area contributed by atoms with E-state index >= 15 is 0 Å². The second kappa shape index (κ2) is 9.59. The smallest absolute Gasteiger partial charge is 0.326 e. The number of urea groups is 1. The van der Waals surface area contributed by atoms with Gasteiger partial charge in [0.2, 0.25) is 5.91 Å². The first kappa shape index (κ1) is 23.2. The van der Waals surface area contributed by atoms with Crippen LogP contribution in [0.5, 0.6) is 0 Å². The minimum atomic E-state index is -1.12. The Balaban J connectivity index is 2.17. The Hall–Kier alpha value is -2.12. The zero-order chi connectivity index (χ0) is 21.8. The highest BCUT2D eigenvalue weighted by Gasteiger charge is 2.41. The Labute approximate surface area is 172 Å². The summed E-state index contributed by atoms with van der Waals surface area (Å²) >= 11 is 0. The Morgan fingerprint density at radius 1 is 1.07 bits per heavy atom. The van der Waals surface area contributed by atoms with Crippen molar-refractivity contribution in [2.75, 3.05) is 6.54 Å². The van der Waals surface area contributed by atoms with Crippen molar-refractivity contribution in [3.05, 3.63) is 0 Å². The first-order valence-electron chi connectivity index (χ1n) is 10.6. The van der Waals surface area contributed by atoms with E-state index in [1.807, 2.05) is 6.92 Å². The molecule has 0 aromatic heterocycles. The number of aldehydes is 1. The summed E-state index contributed by atoms with van der Waals surface area (Å²) < 4.78 is 0. The van der Waals surface area contributed by atoms with Crippen molar-refractivity contribution < 1.29 is 24.3 Å². The summed E-state index contributed by atoms with van der Waals surface area (Å²) in [6.45, 7) is 7.64. The number of carboxylic acid groups (broad SMARTS) is 1. The number of carboxylic acids is 1. The van der Waals surface area contributed by atoms with Crippen LogP contribution in [0.2, 0.25) is 0 Å². The third-order valence-corrected chi connectivity index (χ3v) is 6.25. The summed E-state index contributed by atoms with van der Waals surface area (Å²) in [4.78, 5) is 50.7. The lowest BCUT2D eigenvalue weighted by Gasteiger charge is -2.35. The van der Waals surface area contributed by atoms with Gasteiger partial charge in [0.15, 0.2) is 0 Å². The standard InChI is InChI=1S/C21H35N3O5/c1-13-10-11-24(15(13)12-25)18(26)16(14-8-6-5-7-9-14)22-20(29)23-17(19(27)28)21(2,3)4/h12-17H,5-11H2,1-4H3,(H,27,28)(H2,22,23,29)/t13-,15?,16?,17?/m0/s1. The molecule has 164 valence electrons. The highest BCUT2D eigenvalue weighted by molar-refractivity contribution is 5.90. The van der Waals surface area contributed by atoms with Crippen LogP contribution in [0, 0.1) is 17.3 Å². The van der Waals surface area contributed by atoms with E-state index in [0.717, 1.165) is 44.8 Å². The number of carbonyl (C=O) groups excluding carboxylic acids is 3. The fourth-order valence-corrected chi connectivity index (χ4v) is 4.42. The molecule has 1 aliphatic heterocycles. The number of rotatable bonds is 6. The predicted octanol–water partition coefficient (Wildman–Crippen LogP) is 2.17. The number of hydrogen-bond acceptors (Lipinski definition) is 4. The molecule has 1 saturated heterocycles. The van der Waals surface area contributed by atoms with Gasteiger partial charge in [-0.05, 0) is 36.5 Å². The molecule has 2 fully saturated rings. The molecule has 1 heterocycles. The molecule has 1 aliphatic carbocycles. The van der Waals surface area contributed by atoms with Crippen LogP contribution in [0.3, 0.4) is 0 Å². The van der Waals surface area contributed by atoms with Gasteiger partial charge in [-0.3, -0.25) is 4.79 Å². The van der Waals surface area contributed by atoms with Gasteiger partial charge in [0.25, 0.3) is 0 Å². The number of hydrogen-bond donors (Lipinski definition) is 3. The number of aliphatic carboxylic acids is 1. The monoisotopic (exact) mass is 409 g/mol. The van der Waals surface area contributed by atoms with Gasteiger partial charge >= 0.3 is 12.0 Å². The van der Waals surface area contributed by atoms with Crippen molar-refractivity contribution in [3.63, 3.8) is 0 Å². The fraction of sp³-hybridized carbons (Fsp3) is 0.810. The summed E-state index contributed by atoms with van der Waals surface area (Å²) in [7, 11) is 0. The molecule has 1 saturated carbocycles. The maximum Gasteiger partial charge on any atom is 0.326 e. The summed E-state index contributed by atoms with van der Waals surface area (Å²) in [5.41, 5.74) is -0.680. The summed E-state index contributed by atoms with van der Waals surface area (Å²) in [5.74, 6) is -1.28. The molecule has 0 aromatic carbocycles. The average Bonchev–Trinajstić information content (AvgIpc) is 3.03. The minimum Gasteiger partial charge on any atom is -0.480 e. The zero-order valence-corrected chi connectivity index (χ0v) is 17.9. The lowest BCUT2D eigenvalue weighted by atomic mass is 9.83. The maximum absolute atomic E-state index is 13.3. The average molecular weight is 410 g/mol. The molecule has 2 rings (SSSR count). The normalized spacial score (nSPS) is 25.2. The van der Waals surface area contributed by atoms with Crippen LogP contribution in [0.25, 0.3) is 0 Å². The highest BCUT2D eigenvalue weighted by Crippen LogP contribution is 2.30. The van der Waals surface area contributed by atoms with Crippen molar-refractivity contribution >= 4 is 24.2 Å². The Morgan fingerprint density at radius 3 is 2.21 bits per heavy atom. The van der Waals surface area contributed by atoms with Crippen LogP contribution in [0.1, 0.15) is 66.2 Å². The zero-order valence-electron chi connectivity index (χ0n) is 17.9. The molecule has 4 atom stereocenters. The topological polar surface area (TPSA) is 116 Å². The van der Waals surface area contributed by atoms with E-state index in [9.17, 15) is 24.3 Å². The Kier molecular flexibility index (Phi) is 7.66. The van der Waals surface area contributed by atoms with Gasteiger partial charge < -0.3 is 25.4 Å². The van der Waals surface area contributed by atoms with Crippen LogP contribution >= 0.6 is 0 Å². The summed E-state index contributed by atoms with van der Waals surface area (Å²) in [6.07, 6.45) is 6.31. The predicted molar refractivity (Wildman–Crippen MR) is 108 cm³/mol. The van der Waals surface area contributed by atoms with Gasteiger partial charge in [-0.25, -0.2) is 9.59 Å². The minimum absolute atomic E-state index is 0.0110. The number of amides is 3. The van der Waals surface area contributed by atoms with Crippen LogP contribution in [-0.4, -0.2) is 58.9 Å². The molecule has 8 nitrogen and oxygen atoms in total. The van der Waals surface area contributed by atoms with Gasteiger partial charge in [-0.2, -0.15) is 0 Å². The SMILES string of the molecule is C[C@H]1CCN(C(=O)C(NC(=O)NC(C(=O)O)C(C)(C)C)C2CCCCC2)C1C=O. The maximum atomic E-state index is 13.3. The van der Waals surface area contributed by atoms with E-state index < -0.39 is 35.5 Å². The van der Waals surface area contributed by atoms with Gasteiger partial charge in [-0.1, -0.05) is 47.0 Å². The molecular formula is C21H35N3O5. The van der Waals surface area contributed by atoms with E-state index in [0.29, 0.717) is 6.54 Å². The molecule has 0 spiro atoms. The van der Waals surface area contributed by atoms with Crippen LogP contribution in [0.4, 0.5) is 4.79 Å². The molecule has 3 N–H and O–H groups in total. The third kappa shape index (κ3) is 5.70. The summed E-state index contributed by atoms with van der Waals surface area (Å²) in [5, 5.41) is 14.7. The number of likely N-dealkylation sites (tertiary alicyclic amines) is 1. The van der Waals surface area contributed by atoms with Crippen molar-refractivity contribution in [3.8, 4) is 0 Å².